The maximum absolute atomic E-state index is 12.2. The maximum atomic E-state index is 12.2. The molecule has 0 radical (unpaired) electrons. The predicted molar refractivity (Wildman–Crippen MR) is 290 cm³/mol. The van der Waals surface area contributed by atoms with Crippen molar-refractivity contribution >= 4 is 71.3 Å². The van der Waals surface area contributed by atoms with Gasteiger partial charge in [0.2, 0.25) is 0 Å². The van der Waals surface area contributed by atoms with E-state index in [0.717, 1.165) is 88.0 Å². The zero-order valence-corrected chi connectivity index (χ0v) is 44.0. The Morgan fingerprint density at radius 3 is 1.93 bits per heavy atom. The summed E-state index contributed by atoms with van der Waals surface area (Å²) in [5, 5.41) is 35.4. The number of anilines is 3. The monoisotopic (exact) mass is 1060 g/mol. The number of carbonyl (C=O) groups is 2. The van der Waals surface area contributed by atoms with Crippen LogP contribution in [-0.4, -0.2) is 145 Å². The lowest BCUT2D eigenvalue weighted by Gasteiger charge is -2.26. The van der Waals surface area contributed by atoms with Gasteiger partial charge in [-0.25, -0.2) is 49.5 Å². The molecule has 9 rings (SSSR count). The average molecular weight is 1060 g/mol. The third-order valence-corrected chi connectivity index (χ3v) is 13.3. The molecule has 22 nitrogen and oxygen atoms in total. The number of nitrogens with zero attached hydrogens (tertiary/aromatic N) is 10. The van der Waals surface area contributed by atoms with E-state index in [4.69, 9.17) is 19.2 Å². The van der Waals surface area contributed by atoms with Gasteiger partial charge in [-0.1, -0.05) is 22.7 Å². The number of fused-ring (bicyclic) bond motifs is 2. The predicted octanol–water partition coefficient (Wildman–Crippen LogP) is 7.36. The second kappa shape index (κ2) is 25.2. The highest BCUT2D eigenvalue weighted by atomic mass is 32.1. The number of hydrogen-bond acceptors (Lipinski definition) is 20. The molecule has 8 aromatic rings. The SMILES string of the molecule is CCNC(=O)Nc1nc2cc(-c3cnc(C(C)(C)O)nc3)cc(-c3nccc(NCCN4CCOCC4)n3)c2s1.CCNC(=O)Nc1nc2cc(-c3cnc(C(C)O)nc3)cc(-c3cc(OCCOC)ccn3)c2s1. The van der Waals surface area contributed by atoms with Gasteiger partial charge in [-0.05, 0) is 82.1 Å². The van der Waals surface area contributed by atoms with Crippen molar-refractivity contribution < 1.29 is 34.0 Å². The minimum atomic E-state index is -1.15. The number of aliphatic hydroxyl groups excluding tert-OH is 1. The van der Waals surface area contributed by atoms with Crippen LogP contribution in [0.4, 0.5) is 25.7 Å². The number of rotatable bonds is 18. The molecule has 1 aliphatic rings. The average Bonchev–Trinajstić information content (AvgIpc) is 4.02. The van der Waals surface area contributed by atoms with E-state index >= 15 is 0 Å². The van der Waals surface area contributed by atoms with Crippen LogP contribution >= 0.6 is 22.7 Å². The fourth-order valence-electron chi connectivity index (χ4n) is 7.61. The number of amides is 4. The number of methoxy groups -OCH3 is 1. The zero-order valence-electron chi connectivity index (χ0n) is 42.4. The summed E-state index contributed by atoms with van der Waals surface area (Å²) in [6, 6.07) is 12.7. The van der Waals surface area contributed by atoms with Crippen LogP contribution in [0.25, 0.3) is 65.3 Å². The molecule has 24 heteroatoms. The quantitative estimate of drug-likeness (QED) is 0.0413. The highest BCUT2D eigenvalue weighted by molar-refractivity contribution is 7.23. The Morgan fingerprint density at radius 1 is 0.760 bits per heavy atom. The molecule has 7 heterocycles. The van der Waals surface area contributed by atoms with Crippen molar-refractivity contribution in [3.63, 3.8) is 0 Å². The lowest BCUT2D eigenvalue weighted by Crippen LogP contribution is -2.39. The molecule has 2 aromatic carbocycles. The van der Waals surface area contributed by atoms with Gasteiger partial charge < -0.3 is 40.4 Å². The summed E-state index contributed by atoms with van der Waals surface area (Å²) in [6.07, 6.45) is 9.34. The van der Waals surface area contributed by atoms with Crippen LogP contribution in [0.1, 0.15) is 52.4 Å². The molecular weight excluding hydrogens is 999 g/mol. The number of nitrogens with one attached hydrogen (secondary N) is 5. The number of urea groups is 2. The summed E-state index contributed by atoms with van der Waals surface area (Å²) in [4.78, 5) is 67.1. The van der Waals surface area contributed by atoms with Gasteiger partial charge in [0.15, 0.2) is 27.7 Å². The molecule has 75 heavy (non-hydrogen) atoms. The first-order valence-electron chi connectivity index (χ1n) is 24.3. The molecular formula is C51H59N15O7S2. The number of hydrogen-bond donors (Lipinski definition) is 7. The van der Waals surface area contributed by atoms with E-state index < -0.39 is 11.7 Å². The maximum Gasteiger partial charge on any atom is 0.321 e. The zero-order chi connectivity index (χ0) is 52.9. The number of ether oxygens (including phenoxy) is 3. The van der Waals surface area contributed by atoms with Crippen molar-refractivity contribution in [2.45, 2.75) is 46.3 Å². The van der Waals surface area contributed by atoms with Gasteiger partial charge >= 0.3 is 12.1 Å². The summed E-state index contributed by atoms with van der Waals surface area (Å²) < 4.78 is 18.0. The minimum absolute atomic E-state index is 0.317. The van der Waals surface area contributed by atoms with E-state index in [2.05, 4.69) is 71.4 Å². The van der Waals surface area contributed by atoms with E-state index in [9.17, 15) is 19.8 Å². The number of aromatic nitrogens is 9. The van der Waals surface area contributed by atoms with Crippen LogP contribution in [0.15, 0.2) is 79.6 Å². The topological polar surface area (TPSA) is 282 Å². The van der Waals surface area contributed by atoms with Gasteiger partial charge in [-0.3, -0.25) is 20.5 Å². The molecule has 0 bridgehead atoms. The van der Waals surface area contributed by atoms with Crippen molar-refractivity contribution in [3.8, 4) is 50.6 Å². The second-order valence-electron chi connectivity index (χ2n) is 17.5. The van der Waals surface area contributed by atoms with E-state index in [-0.39, 0.29) is 12.1 Å². The van der Waals surface area contributed by atoms with Crippen LogP contribution in [0.2, 0.25) is 0 Å². The number of thiazole rings is 2. The molecule has 1 saturated heterocycles. The van der Waals surface area contributed by atoms with Crippen LogP contribution < -0.4 is 31.3 Å². The van der Waals surface area contributed by atoms with Gasteiger partial charge in [0.25, 0.3) is 0 Å². The number of carbonyl (C=O) groups excluding carboxylic acids is 2. The summed E-state index contributed by atoms with van der Waals surface area (Å²) in [5.74, 6) is 2.60. The Bertz CT molecular complexity index is 3200. The number of benzene rings is 2. The van der Waals surface area contributed by atoms with E-state index in [1.165, 1.54) is 22.7 Å². The highest BCUT2D eigenvalue weighted by Crippen LogP contribution is 2.40. The minimum Gasteiger partial charge on any atom is -0.491 e. The normalized spacial score (nSPS) is 13.2. The first-order valence-corrected chi connectivity index (χ1v) is 25.9. The second-order valence-corrected chi connectivity index (χ2v) is 19.5. The molecule has 1 aliphatic heterocycles. The summed E-state index contributed by atoms with van der Waals surface area (Å²) in [5.41, 5.74) is 5.69. The lowest BCUT2D eigenvalue weighted by molar-refractivity contribution is 0.0398. The fraction of sp³-hybridized carbons (Fsp3) is 0.353. The molecule has 1 fully saturated rings. The van der Waals surface area contributed by atoms with Gasteiger partial charge in [-0.2, -0.15) is 0 Å². The standard InChI is InChI=1S/C27H33N9O3S.C24H26N6O4S/c1-4-28-25(37)35-26-33-20-14-17(18-15-31-24(32-16-18)27(2,3)38)13-19(22(20)40-26)23-30-6-5-21(34-23)29-7-8-36-9-11-39-12-10-36;1-4-25-23(32)30-24-29-20-10-15(16-12-27-22(14(2)31)28-13-16)9-18(21(20)35-24)19-11-17(5-6-26-19)34-8-7-33-3/h5-6,13-16,38H,4,7-12H2,1-3H3,(H,29,30,34)(H2,28,33,35,37);5-6,9-14,31H,4,7-8H2,1-3H3,(H2,25,29,30,32). The molecule has 0 spiro atoms. The first-order chi connectivity index (χ1) is 36.3. The van der Waals surface area contributed by atoms with Crippen LogP contribution in [0, 0.1) is 0 Å². The van der Waals surface area contributed by atoms with Crippen molar-refractivity contribution in [2.24, 2.45) is 0 Å². The number of morpholine rings is 1. The fourth-order valence-corrected chi connectivity index (χ4v) is 9.52. The Morgan fingerprint density at radius 2 is 1.35 bits per heavy atom. The Kier molecular flexibility index (Phi) is 18.1. The molecule has 1 unspecified atom stereocenters. The van der Waals surface area contributed by atoms with E-state index in [1.807, 2.05) is 50.2 Å². The molecule has 6 aromatic heterocycles. The van der Waals surface area contributed by atoms with Crippen molar-refractivity contribution in [3.05, 3.63) is 91.3 Å². The first kappa shape index (κ1) is 53.8. The van der Waals surface area contributed by atoms with Gasteiger partial charge in [-0.15, -0.1) is 0 Å². The lowest BCUT2D eigenvalue weighted by atomic mass is 10.0. The Labute approximate surface area is 440 Å². The van der Waals surface area contributed by atoms with E-state index in [1.54, 1.807) is 71.1 Å². The van der Waals surface area contributed by atoms with Crippen molar-refractivity contribution in [2.75, 3.05) is 88.8 Å². The molecule has 0 aliphatic carbocycles. The van der Waals surface area contributed by atoms with Gasteiger partial charge in [0.05, 0.1) is 45.9 Å². The van der Waals surface area contributed by atoms with Crippen LogP contribution in [0.3, 0.4) is 0 Å². The van der Waals surface area contributed by atoms with Gasteiger partial charge in [0, 0.05) is 112 Å². The van der Waals surface area contributed by atoms with Gasteiger partial charge in [0.1, 0.15) is 29.9 Å². The summed E-state index contributed by atoms with van der Waals surface area (Å²) in [6.45, 7) is 15.5. The van der Waals surface area contributed by atoms with Crippen LogP contribution in [-0.2, 0) is 15.1 Å². The molecule has 4 amide bonds. The van der Waals surface area contributed by atoms with Crippen molar-refractivity contribution in [1.82, 2.24) is 60.4 Å². The molecule has 392 valence electrons. The third-order valence-electron chi connectivity index (χ3n) is 11.3. The molecule has 7 N–H and O–H groups in total. The summed E-state index contributed by atoms with van der Waals surface area (Å²) in [7, 11) is 1.62. The largest absolute Gasteiger partial charge is 0.491 e. The smallest absolute Gasteiger partial charge is 0.321 e. The highest BCUT2D eigenvalue weighted by Gasteiger charge is 2.22. The molecule has 0 saturated carbocycles. The Balaban J connectivity index is 0.000000201. The summed E-state index contributed by atoms with van der Waals surface area (Å²) >= 11 is 2.72. The number of aliphatic hydroxyl groups is 2. The van der Waals surface area contributed by atoms with Crippen molar-refractivity contribution in [1.29, 1.82) is 0 Å². The third kappa shape index (κ3) is 14.2. The Hall–Kier alpha value is -7.45. The van der Waals surface area contributed by atoms with E-state index in [0.29, 0.717) is 76.5 Å². The number of pyridine rings is 1. The van der Waals surface area contributed by atoms with Crippen LogP contribution in [0.5, 0.6) is 5.75 Å². The molecule has 1 atom stereocenters.